The maximum atomic E-state index is 4.49. The molecule has 0 aliphatic carbocycles. The molecule has 0 N–H and O–H groups in total. The fraction of sp³-hybridized carbons (Fsp3) is 0. The first kappa shape index (κ1) is 34.5. The summed E-state index contributed by atoms with van der Waals surface area (Å²) < 4.78 is 0. The molecule has 0 amide bonds. The van der Waals surface area contributed by atoms with Crippen LogP contribution in [0.1, 0.15) is 0 Å². The molecule has 3 nitrogen and oxygen atoms in total. The van der Waals surface area contributed by atoms with Crippen LogP contribution >= 0.6 is 0 Å². The van der Waals surface area contributed by atoms with Crippen LogP contribution < -0.4 is 0 Å². The maximum Gasteiger partial charge on any atom is 3.00 e. The van der Waals surface area contributed by atoms with Crippen LogP contribution in [0.3, 0.4) is 0 Å². The van der Waals surface area contributed by atoms with E-state index in [2.05, 4.69) is 69.5 Å². The molecule has 0 saturated carbocycles. The predicted octanol–water partition coefficient (Wildman–Crippen LogP) is 11.0. The van der Waals surface area contributed by atoms with E-state index in [1.807, 2.05) is 152 Å². The number of benzene rings is 5. The second kappa shape index (κ2) is 18.5. The monoisotopic (exact) mass is 807 g/mol. The maximum absolute atomic E-state index is 4.49. The summed E-state index contributed by atoms with van der Waals surface area (Å²) >= 11 is 0. The Morgan fingerprint density at radius 1 is 0.327 bits per heavy atom. The van der Waals surface area contributed by atoms with Gasteiger partial charge in [-0.3, -0.25) is 0 Å². The topological polar surface area (TPSA) is 38.7 Å². The van der Waals surface area contributed by atoms with Crippen molar-refractivity contribution < 1.29 is 20.1 Å². The third kappa shape index (κ3) is 10.1. The molecule has 0 unspecified atom stereocenters. The van der Waals surface area contributed by atoms with Gasteiger partial charge in [-0.05, 0) is 51.5 Å². The third-order valence-electron chi connectivity index (χ3n) is 7.36. The molecule has 8 aromatic rings. The number of hydrogen-bond donors (Lipinski definition) is 0. The summed E-state index contributed by atoms with van der Waals surface area (Å²) in [6, 6.07) is 67.8. The number of pyridine rings is 3. The molecule has 4 heteroatoms. The van der Waals surface area contributed by atoms with Crippen molar-refractivity contribution in [1.29, 1.82) is 0 Å². The van der Waals surface area contributed by atoms with Gasteiger partial charge in [-0.2, -0.15) is 0 Å². The van der Waals surface area contributed by atoms with Gasteiger partial charge in [0.2, 0.25) is 0 Å². The molecule has 0 radical (unpaired) electrons. The first-order chi connectivity index (χ1) is 23.8. The summed E-state index contributed by atoms with van der Waals surface area (Å²) in [7, 11) is 0. The van der Waals surface area contributed by atoms with E-state index in [1.54, 1.807) is 6.20 Å². The van der Waals surface area contributed by atoms with Crippen molar-refractivity contribution in [2.75, 3.05) is 0 Å². The summed E-state index contributed by atoms with van der Waals surface area (Å²) in [5.74, 6) is 0. The van der Waals surface area contributed by atoms with E-state index in [0.29, 0.717) is 0 Å². The Labute approximate surface area is 302 Å². The summed E-state index contributed by atoms with van der Waals surface area (Å²) in [6.45, 7) is 0. The molecule has 0 aliphatic heterocycles. The molecule has 3 aromatic heterocycles. The van der Waals surface area contributed by atoms with Gasteiger partial charge in [0.1, 0.15) is 0 Å². The van der Waals surface area contributed by atoms with Gasteiger partial charge in [-0.25, -0.2) is 0 Å². The van der Waals surface area contributed by atoms with Crippen molar-refractivity contribution in [2.24, 2.45) is 0 Å². The van der Waals surface area contributed by atoms with Crippen molar-refractivity contribution in [2.45, 2.75) is 0 Å². The van der Waals surface area contributed by atoms with Gasteiger partial charge < -0.3 is 15.0 Å². The SMILES string of the molecule is [Ir+3].[c-]1ccccc1-c1cc(-c2ccccc2)ccn1.[c-]1ccccc1-c1ccc(-c2ccccc2)cn1.[c-]1ccccc1-c1ccccn1. The van der Waals surface area contributed by atoms with E-state index < -0.39 is 0 Å². The van der Waals surface area contributed by atoms with Crippen molar-refractivity contribution in [1.82, 2.24) is 15.0 Å². The Hall–Kier alpha value is -5.80. The van der Waals surface area contributed by atoms with Crippen molar-refractivity contribution in [3.05, 3.63) is 213 Å². The third-order valence-corrected chi connectivity index (χ3v) is 7.36. The Morgan fingerprint density at radius 2 is 0.816 bits per heavy atom. The normalized spacial score (nSPS) is 9.88. The van der Waals surface area contributed by atoms with Crippen LogP contribution in [0.25, 0.3) is 56.0 Å². The van der Waals surface area contributed by atoms with Crippen molar-refractivity contribution >= 4 is 0 Å². The van der Waals surface area contributed by atoms with Gasteiger partial charge in [0.15, 0.2) is 0 Å². The average Bonchev–Trinajstić information content (AvgIpc) is 3.20. The Balaban J connectivity index is 0.000000145. The quantitative estimate of drug-likeness (QED) is 0.163. The second-order valence-corrected chi connectivity index (χ2v) is 10.6. The van der Waals surface area contributed by atoms with E-state index in [4.69, 9.17) is 0 Å². The minimum absolute atomic E-state index is 0. The molecule has 5 aromatic carbocycles. The molecule has 8 rings (SSSR count). The average molecular weight is 807 g/mol. The Morgan fingerprint density at radius 3 is 1.31 bits per heavy atom. The first-order valence-electron chi connectivity index (χ1n) is 15.7. The van der Waals surface area contributed by atoms with Gasteiger partial charge in [-0.1, -0.05) is 91.0 Å². The van der Waals surface area contributed by atoms with Crippen LogP contribution in [-0.2, 0) is 20.1 Å². The molecule has 0 atom stereocenters. The summed E-state index contributed by atoms with van der Waals surface area (Å²) in [4.78, 5) is 13.1. The van der Waals surface area contributed by atoms with E-state index in [1.165, 1.54) is 16.7 Å². The molecular weight excluding hydrogens is 775 g/mol. The largest absolute Gasteiger partial charge is 3.00 e. The molecule has 236 valence electrons. The number of nitrogens with zero attached hydrogens (tertiary/aromatic N) is 3. The fourth-order valence-electron chi connectivity index (χ4n) is 4.92. The zero-order valence-corrected chi connectivity index (χ0v) is 29.0. The van der Waals surface area contributed by atoms with Gasteiger partial charge in [0.25, 0.3) is 0 Å². The summed E-state index contributed by atoms with van der Waals surface area (Å²) in [6.07, 6.45) is 5.54. The van der Waals surface area contributed by atoms with E-state index >= 15 is 0 Å². The minimum Gasteiger partial charge on any atom is -0.305 e. The number of rotatable bonds is 5. The van der Waals surface area contributed by atoms with Crippen LogP contribution in [-0.4, -0.2) is 15.0 Å². The molecule has 0 spiro atoms. The Bertz CT molecular complexity index is 1920. The molecule has 49 heavy (non-hydrogen) atoms. The van der Waals surface area contributed by atoms with Gasteiger partial charge >= 0.3 is 20.1 Å². The number of hydrogen-bond acceptors (Lipinski definition) is 3. The van der Waals surface area contributed by atoms with E-state index in [0.717, 1.165) is 39.3 Å². The van der Waals surface area contributed by atoms with Crippen molar-refractivity contribution in [3.63, 3.8) is 0 Å². The van der Waals surface area contributed by atoms with E-state index in [-0.39, 0.29) is 20.1 Å². The fourth-order valence-corrected chi connectivity index (χ4v) is 4.92. The van der Waals surface area contributed by atoms with Gasteiger partial charge in [0, 0.05) is 18.6 Å². The van der Waals surface area contributed by atoms with Gasteiger partial charge in [-0.15, -0.1) is 108 Å². The zero-order valence-electron chi connectivity index (χ0n) is 26.7. The molecule has 0 fully saturated rings. The first-order valence-corrected chi connectivity index (χ1v) is 15.7. The zero-order chi connectivity index (χ0) is 32.6. The predicted molar refractivity (Wildman–Crippen MR) is 196 cm³/mol. The van der Waals surface area contributed by atoms with Crippen LogP contribution in [0, 0.1) is 18.2 Å². The van der Waals surface area contributed by atoms with Crippen LogP contribution in [0.15, 0.2) is 195 Å². The molecule has 0 bridgehead atoms. The Kier molecular flexibility index (Phi) is 13.0. The summed E-state index contributed by atoms with van der Waals surface area (Å²) in [5.41, 5.74) is 10.7. The van der Waals surface area contributed by atoms with Crippen LogP contribution in [0.5, 0.6) is 0 Å². The standard InChI is InChI=1S/2C17H12N.C11H8N.Ir/c1-3-7-14(8-4-1)16-11-12-18-17(13-16)15-9-5-2-6-10-15;1-3-7-14(8-4-1)16-11-12-17(18-13-16)15-9-5-2-6-10-15;1-2-6-10(7-3-1)11-8-4-5-9-12-11;/h2*1-9,11-13H;1-6,8-9H;/q3*-1;+3. The van der Waals surface area contributed by atoms with Gasteiger partial charge in [0.05, 0.1) is 0 Å². The minimum atomic E-state index is 0. The van der Waals surface area contributed by atoms with Crippen LogP contribution in [0.4, 0.5) is 0 Å². The van der Waals surface area contributed by atoms with Crippen molar-refractivity contribution in [3.8, 4) is 56.0 Å². The molecular formula is C45H32IrN3. The number of aromatic nitrogens is 3. The molecule has 0 saturated heterocycles. The molecule has 0 aliphatic rings. The van der Waals surface area contributed by atoms with Crippen LogP contribution in [0.2, 0.25) is 0 Å². The smallest absolute Gasteiger partial charge is 0.305 e. The second-order valence-electron chi connectivity index (χ2n) is 10.6. The molecule has 3 heterocycles. The van der Waals surface area contributed by atoms with E-state index in [9.17, 15) is 0 Å². The summed E-state index contributed by atoms with van der Waals surface area (Å²) in [5, 5.41) is 0.